The molecule has 0 atom stereocenters. The Hall–Kier alpha value is -1.82. The first kappa shape index (κ1) is 11.7. The number of carboxylic acids is 1. The average Bonchev–Trinajstić information content (AvgIpc) is 2.66. The van der Waals surface area contributed by atoms with Gasteiger partial charge >= 0.3 is 5.97 Å². The molecule has 1 N–H and O–H groups in total. The molecule has 0 fully saturated rings. The maximum atomic E-state index is 10.6. The van der Waals surface area contributed by atoms with E-state index in [0.29, 0.717) is 11.7 Å². The lowest BCUT2D eigenvalue weighted by Crippen LogP contribution is -2.02. The van der Waals surface area contributed by atoms with Gasteiger partial charge in [0.1, 0.15) is 5.52 Å². The molecule has 0 amide bonds. The first-order chi connectivity index (χ1) is 8.22. The highest BCUT2D eigenvalue weighted by Crippen LogP contribution is 2.23. The van der Waals surface area contributed by atoms with Crippen LogP contribution in [0.3, 0.4) is 0 Å². The van der Waals surface area contributed by atoms with Crippen molar-refractivity contribution < 1.29 is 9.90 Å². The molecule has 0 aromatic carbocycles. The summed E-state index contributed by atoms with van der Waals surface area (Å²) < 4.78 is 1.93. The molecule has 88 valence electrons. The molecule has 2 aromatic rings. The zero-order valence-electron chi connectivity index (χ0n) is 9.04. The quantitative estimate of drug-likeness (QED) is 0.646. The highest BCUT2D eigenvalue weighted by molar-refractivity contribution is 7.99. The van der Waals surface area contributed by atoms with Gasteiger partial charge in [0.25, 0.3) is 0 Å². The molecule has 0 radical (unpaired) electrons. The molecule has 6 heteroatoms. The number of nitrogens with zero attached hydrogens (tertiary/aromatic N) is 3. The van der Waals surface area contributed by atoms with Crippen LogP contribution in [0, 0.1) is 0 Å². The molecule has 5 nitrogen and oxygen atoms in total. The van der Waals surface area contributed by atoms with Gasteiger partial charge in [0.15, 0.2) is 5.16 Å². The van der Waals surface area contributed by atoms with Crippen molar-refractivity contribution in [3.63, 3.8) is 0 Å². The molecule has 0 saturated heterocycles. The van der Waals surface area contributed by atoms with Crippen LogP contribution in [-0.2, 0) is 11.3 Å². The number of hydrogen-bond donors (Lipinski definition) is 1. The fourth-order valence-electron chi connectivity index (χ4n) is 1.50. The second kappa shape index (κ2) is 5.01. The highest BCUT2D eigenvalue weighted by atomic mass is 32.2. The van der Waals surface area contributed by atoms with Crippen LogP contribution in [0.2, 0.25) is 0 Å². The Labute approximate surface area is 102 Å². The van der Waals surface area contributed by atoms with Gasteiger partial charge in [-0.2, -0.15) is 0 Å². The van der Waals surface area contributed by atoms with Gasteiger partial charge in [0, 0.05) is 12.7 Å². The third kappa shape index (κ3) is 2.47. The van der Waals surface area contributed by atoms with Gasteiger partial charge in [0.05, 0.1) is 17.5 Å². The molecule has 0 aliphatic heterocycles. The van der Waals surface area contributed by atoms with Gasteiger partial charge < -0.3 is 9.67 Å². The standard InChI is InChI=1S/C11H11N3O2S/c1-2-5-14-9-3-4-12-6-8(9)13-11(14)17-7-10(15)16/h2-4,6H,1,5,7H2,(H,15,16). The molecule has 17 heavy (non-hydrogen) atoms. The Kier molecular flexibility index (Phi) is 3.43. The van der Waals surface area contributed by atoms with Crippen molar-refractivity contribution in [3.8, 4) is 0 Å². The summed E-state index contributed by atoms with van der Waals surface area (Å²) >= 11 is 1.20. The zero-order valence-corrected chi connectivity index (χ0v) is 9.85. The van der Waals surface area contributed by atoms with Crippen molar-refractivity contribution in [3.05, 3.63) is 31.1 Å². The van der Waals surface area contributed by atoms with E-state index in [1.54, 1.807) is 18.5 Å². The Morgan fingerprint density at radius 2 is 2.47 bits per heavy atom. The molecule has 2 rings (SSSR count). The van der Waals surface area contributed by atoms with E-state index in [9.17, 15) is 4.79 Å². The minimum atomic E-state index is -0.856. The highest BCUT2D eigenvalue weighted by Gasteiger charge is 2.11. The van der Waals surface area contributed by atoms with Crippen molar-refractivity contribution in [1.82, 2.24) is 14.5 Å². The number of fused-ring (bicyclic) bond motifs is 1. The van der Waals surface area contributed by atoms with Crippen molar-refractivity contribution in [2.75, 3.05) is 5.75 Å². The van der Waals surface area contributed by atoms with Gasteiger partial charge in [-0.05, 0) is 6.07 Å². The van der Waals surface area contributed by atoms with E-state index in [2.05, 4.69) is 16.5 Å². The molecule has 0 spiro atoms. The number of pyridine rings is 1. The number of rotatable bonds is 5. The molecule has 2 heterocycles. The Bertz CT molecular complexity index is 565. The number of carboxylic acid groups (broad SMARTS) is 1. The zero-order chi connectivity index (χ0) is 12.3. The van der Waals surface area contributed by atoms with Gasteiger partial charge in [-0.15, -0.1) is 6.58 Å². The lowest BCUT2D eigenvalue weighted by atomic mass is 10.4. The summed E-state index contributed by atoms with van der Waals surface area (Å²) in [5, 5.41) is 9.36. The number of allylic oxidation sites excluding steroid dienone is 1. The molecule has 0 unspecified atom stereocenters. The van der Waals surface area contributed by atoms with Crippen LogP contribution in [0.5, 0.6) is 0 Å². The van der Waals surface area contributed by atoms with Crippen LogP contribution in [-0.4, -0.2) is 31.4 Å². The van der Waals surface area contributed by atoms with Crippen molar-refractivity contribution >= 4 is 28.8 Å². The van der Waals surface area contributed by atoms with E-state index in [1.165, 1.54) is 11.8 Å². The maximum absolute atomic E-state index is 10.6. The Morgan fingerprint density at radius 1 is 1.65 bits per heavy atom. The molecule has 0 saturated carbocycles. The van der Waals surface area contributed by atoms with E-state index in [-0.39, 0.29) is 5.75 Å². The summed E-state index contributed by atoms with van der Waals surface area (Å²) in [7, 11) is 0. The summed E-state index contributed by atoms with van der Waals surface area (Å²) in [5.41, 5.74) is 1.70. The monoisotopic (exact) mass is 249 g/mol. The van der Waals surface area contributed by atoms with E-state index in [1.807, 2.05) is 10.6 Å². The van der Waals surface area contributed by atoms with Gasteiger partial charge in [-0.1, -0.05) is 17.8 Å². The Balaban J connectivity index is 2.41. The molecular weight excluding hydrogens is 238 g/mol. The number of aliphatic carboxylic acids is 1. The summed E-state index contributed by atoms with van der Waals surface area (Å²) in [4.78, 5) is 18.9. The summed E-state index contributed by atoms with van der Waals surface area (Å²) in [6, 6.07) is 1.86. The van der Waals surface area contributed by atoms with Crippen LogP contribution in [0.1, 0.15) is 0 Å². The first-order valence-electron chi connectivity index (χ1n) is 4.98. The van der Waals surface area contributed by atoms with Crippen LogP contribution >= 0.6 is 11.8 Å². The summed E-state index contributed by atoms with van der Waals surface area (Å²) in [5.74, 6) is -0.862. The number of imidazole rings is 1. The number of aromatic nitrogens is 3. The first-order valence-corrected chi connectivity index (χ1v) is 5.96. The predicted molar refractivity (Wildman–Crippen MR) is 66.1 cm³/mol. The lowest BCUT2D eigenvalue weighted by molar-refractivity contribution is -0.133. The predicted octanol–water partition coefficient (Wildman–Crippen LogP) is 1.79. The molecular formula is C11H11N3O2S. The fourth-order valence-corrected chi connectivity index (χ4v) is 2.25. The van der Waals surface area contributed by atoms with Crippen molar-refractivity contribution in [1.29, 1.82) is 0 Å². The van der Waals surface area contributed by atoms with E-state index in [4.69, 9.17) is 5.11 Å². The smallest absolute Gasteiger partial charge is 0.313 e. The topological polar surface area (TPSA) is 68.0 Å². The van der Waals surface area contributed by atoms with E-state index >= 15 is 0 Å². The van der Waals surface area contributed by atoms with Gasteiger partial charge in [-0.3, -0.25) is 9.78 Å². The fraction of sp³-hybridized carbons (Fsp3) is 0.182. The van der Waals surface area contributed by atoms with E-state index < -0.39 is 5.97 Å². The second-order valence-electron chi connectivity index (χ2n) is 3.34. The lowest BCUT2D eigenvalue weighted by Gasteiger charge is -2.04. The normalized spacial score (nSPS) is 10.6. The van der Waals surface area contributed by atoms with Crippen LogP contribution in [0.25, 0.3) is 11.0 Å². The van der Waals surface area contributed by atoms with Crippen LogP contribution < -0.4 is 0 Å². The van der Waals surface area contributed by atoms with Crippen molar-refractivity contribution in [2.45, 2.75) is 11.7 Å². The molecule has 0 aliphatic carbocycles. The summed E-state index contributed by atoms with van der Waals surface area (Å²) in [6.07, 6.45) is 5.11. The van der Waals surface area contributed by atoms with Crippen LogP contribution in [0.4, 0.5) is 0 Å². The molecule has 0 aliphatic rings. The maximum Gasteiger partial charge on any atom is 0.313 e. The third-order valence-corrected chi connectivity index (χ3v) is 3.11. The summed E-state index contributed by atoms with van der Waals surface area (Å²) in [6.45, 7) is 4.29. The molecule has 2 aromatic heterocycles. The minimum absolute atomic E-state index is 0.00606. The second-order valence-corrected chi connectivity index (χ2v) is 4.28. The Morgan fingerprint density at radius 3 is 3.18 bits per heavy atom. The number of carbonyl (C=O) groups is 1. The largest absolute Gasteiger partial charge is 0.481 e. The van der Waals surface area contributed by atoms with Gasteiger partial charge in [-0.25, -0.2) is 4.98 Å². The van der Waals surface area contributed by atoms with E-state index in [0.717, 1.165) is 11.0 Å². The van der Waals surface area contributed by atoms with Gasteiger partial charge in [0.2, 0.25) is 0 Å². The van der Waals surface area contributed by atoms with Crippen LogP contribution in [0.15, 0.2) is 36.3 Å². The SMILES string of the molecule is C=CCn1c(SCC(=O)O)nc2cnccc21. The minimum Gasteiger partial charge on any atom is -0.481 e. The number of hydrogen-bond acceptors (Lipinski definition) is 4. The van der Waals surface area contributed by atoms with Crippen molar-refractivity contribution in [2.24, 2.45) is 0 Å². The third-order valence-electron chi connectivity index (χ3n) is 2.15. The molecule has 0 bridgehead atoms. The average molecular weight is 249 g/mol. The number of thioether (sulfide) groups is 1.